The Kier molecular flexibility index (Phi) is 4.66. The number of anilines is 1. The minimum Gasteiger partial charge on any atom is -0.490 e. The van der Waals surface area contributed by atoms with Crippen molar-refractivity contribution < 1.29 is 9.47 Å². The van der Waals surface area contributed by atoms with E-state index >= 15 is 0 Å². The highest BCUT2D eigenvalue weighted by Crippen LogP contribution is 2.25. The van der Waals surface area contributed by atoms with Gasteiger partial charge in [-0.2, -0.15) is 0 Å². The maximum absolute atomic E-state index is 5.90. The van der Waals surface area contributed by atoms with E-state index in [-0.39, 0.29) is 0 Å². The zero-order valence-corrected chi connectivity index (χ0v) is 15.1. The number of aromatic nitrogens is 2. The maximum Gasteiger partial charge on any atom is 0.180 e. The molecule has 0 aliphatic rings. The van der Waals surface area contributed by atoms with E-state index in [0.717, 1.165) is 28.4 Å². The summed E-state index contributed by atoms with van der Waals surface area (Å²) < 4.78 is 13.6. The molecule has 0 amide bonds. The monoisotopic (exact) mass is 359 g/mol. The Balaban J connectivity index is 1.46. The number of benzene rings is 2. The Morgan fingerprint density at radius 3 is 2.59 bits per heavy atom. The van der Waals surface area contributed by atoms with Gasteiger partial charge in [0.2, 0.25) is 0 Å². The van der Waals surface area contributed by atoms with Crippen LogP contribution in [0.25, 0.3) is 16.9 Å². The van der Waals surface area contributed by atoms with E-state index in [1.165, 1.54) is 5.56 Å². The number of pyridine rings is 1. The summed E-state index contributed by atoms with van der Waals surface area (Å²) in [6.45, 7) is 2.96. The summed E-state index contributed by atoms with van der Waals surface area (Å²) in [5.74, 6) is 1.56. The van der Waals surface area contributed by atoms with E-state index in [9.17, 15) is 0 Å². The zero-order valence-electron chi connectivity index (χ0n) is 15.1. The van der Waals surface area contributed by atoms with Crippen molar-refractivity contribution in [3.8, 4) is 22.8 Å². The first kappa shape index (κ1) is 17.0. The van der Waals surface area contributed by atoms with Crippen LogP contribution in [0, 0.1) is 6.92 Å². The highest BCUT2D eigenvalue weighted by atomic mass is 16.5. The molecule has 2 aromatic carbocycles. The quantitative estimate of drug-likeness (QED) is 0.411. The molecule has 136 valence electrons. The van der Waals surface area contributed by atoms with Crippen LogP contribution < -0.4 is 15.2 Å². The van der Waals surface area contributed by atoms with Gasteiger partial charge in [-0.1, -0.05) is 29.8 Å². The van der Waals surface area contributed by atoms with Gasteiger partial charge in [0.1, 0.15) is 19.0 Å². The molecule has 0 atom stereocenters. The number of hydrogen-bond donors (Lipinski definition) is 1. The number of aryl methyl sites for hydroxylation is 1. The molecule has 0 unspecified atom stereocenters. The van der Waals surface area contributed by atoms with Gasteiger partial charge in [0.05, 0.1) is 5.69 Å². The summed E-state index contributed by atoms with van der Waals surface area (Å²) in [6.07, 6.45) is 3.92. The van der Waals surface area contributed by atoms with E-state index in [0.29, 0.717) is 18.9 Å². The lowest BCUT2D eigenvalue weighted by Gasteiger charge is -2.09. The number of rotatable bonds is 6. The molecule has 4 aromatic rings. The van der Waals surface area contributed by atoms with Crippen LogP contribution in [0.3, 0.4) is 0 Å². The van der Waals surface area contributed by atoms with Crippen LogP contribution >= 0.6 is 0 Å². The van der Waals surface area contributed by atoms with Crippen molar-refractivity contribution in [2.24, 2.45) is 0 Å². The molecule has 0 aliphatic carbocycles. The van der Waals surface area contributed by atoms with Gasteiger partial charge in [0, 0.05) is 23.6 Å². The molecule has 0 radical (unpaired) electrons. The van der Waals surface area contributed by atoms with Gasteiger partial charge in [-0.05, 0) is 43.3 Å². The van der Waals surface area contributed by atoms with Crippen molar-refractivity contribution in [2.45, 2.75) is 6.92 Å². The van der Waals surface area contributed by atoms with Gasteiger partial charge < -0.3 is 19.6 Å². The highest BCUT2D eigenvalue weighted by molar-refractivity contribution is 5.68. The van der Waals surface area contributed by atoms with Crippen LogP contribution in [0.15, 0.2) is 73.1 Å². The summed E-state index contributed by atoms with van der Waals surface area (Å²) in [6, 6.07) is 19.5. The lowest BCUT2D eigenvalue weighted by atomic mass is 10.1. The average molecular weight is 359 g/mol. The van der Waals surface area contributed by atoms with Crippen molar-refractivity contribution in [3.63, 3.8) is 0 Å². The number of nitrogen functional groups attached to an aromatic ring is 1. The highest BCUT2D eigenvalue weighted by Gasteiger charge is 2.09. The van der Waals surface area contributed by atoms with Gasteiger partial charge in [-0.25, -0.2) is 4.98 Å². The summed E-state index contributed by atoms with van der Waals surface area (Å²) in [7, 11) is 0. The predicted molar refractivity (Wildman–Crippen MR) is 107 cm³/mol. The Bertz CT molecular complexity index is 1050. The summed E-state index contributed by atoms with van der Waals surface area (Å²) >= 11 is 0. The molecule has 0 saturated carbocycles. The molecule has 0 saturated heterocycles. The van der Waals surface area contributed by atoms with Crippen molar-refractivity contribution in [3.05, 3.63) is 78.6 Å². The molecule has 0 bridgehead atoms. The topological polar surface area (TPSA) is 61.8 Å². The molecule has 5 nitrogen and oxygen atoms in total. The van der Waals surface area contributed by atoms with Crippen LogP contribution in [-0.4, -0.2) is 22.6 Å². The second-order valence-electron chi connectivity index (χ2n) is 6.36. The minimum absolute atomic E-state index is 0.439. The molecule has 2 N–H and O–H groups in total. The number of hydrogen-bond acceptors (Lipinski definition) is 4. The van der Waals surface area contributed by atoms with Gasteiger partial charge in [0.15, 0.2) is 11.4 Å². The Labute approximate surface area is 158 Å². The molecule has 2 aromatic heterocycles. The fourth-order valence-electron chi connectivity index (χ4n) is 2.88. The third kappa shape index (κ3) is 3.87. The molecule has 0 spiro atoms. The standard InChI is InChI=1S/C22H21N3O2/c1-16-7-9-19(10-8-16)26-12-13-27-21-6-3-11-25-15-20(24-22(21)25)17-4-2-5-18(23)14-17/h2-11,14-15H,12-13,23H2,1H3. The van der Waals surface area contributed by atoms with Gasteiger partial charge in [0.25, 0.3) is 0 Å². The van der Waals surface area contributed by atoms with E-state index in [2.05, 4.69) is 6.92 Å². The maximum atomic E-state index is 5.90. The van der Waals surface area contributed by atoms with Gasteiger partial charge in [-0.3, -0.25) is 0 Å². The zero-order chi connectivity index (χ0) is 18.6. The molecule has 5 heteroatoms. The van der Waals surface area contributed by atoms with E-state index in [1.54, 1.807) is 0 Å². The lowest BCUT2D eigenvalue weighted by Crippen LogP contribution is -2.09. The molecule has 27 heavy (non-hydrogen) atoms. The molecule has 0 fully saturated rings. The van der Waals surface area contributed by atoms with Crippen molar-refractivity contribution in [2.75, 3.05) is 18.9 Å². The molecule has 4 rings (SSSR count). The van der Waals surface area contributed by atoms with E-state index in [1.807, 2.05) is 77.5 Å². The van der Waals surface area contributed by atoms with E-state index < -0.39 is 0 Å². The first-order valence-corrected chi connectivity index (χ1v) is 8.85. The normalized spacial score (nSPS) is 10.9. The van der Waals surface area contributed by atoms with Crippen LogP contribution in [-0.2, 0) is 0 Å². The smallest absolute Gasteiger partial charge is 0.180 e. The Morgan fingerprint density at radius 2 is 1.78 bits per heavy atom. The second-order valence-corrected chi connectivity index (χ2v) is 6.36. The van der Waals surface area contributed by atoms with Crippen LogP contribution in [0.4, 0.5) is 5.69 Å². The number of ether oxygens (including phenoxy) is 2. The van der Waals surface area contributed by atoms with Crippen LogP contribution in [0.1, 0.15) is 5.56 Å². The average Bonchev–Trinajstić information content (AvgIpc) is 3.12. The van der Waals surface area contributed by atoms with Crippen LogP contribution in [0.2, 0.25) is 0 Å². The lowest BCUT2D eigenvalue weighted by molar-refractivity contribution is 0.218. The first-order valence-electron chi connectivity index (χ1n) is 8.85. The summed E-state index contributed by atoms with van der Waals surface area (Å²) in [5.41, 5.74) is 10.4. The SMILES string of the molecule is Cc1ccc(OCCOc2cccn3cc(-c4cccc(N)c4)nc23)cc1. The number of fused-ring (bicyclic) bond motifs is 1. The largest absolute Gasteiger partial charge is 0.490 e. The fourth-order valence-corrected chi connectivity index (χ4v) is 2.88. The molecule has 2 heterocycles. The first-order chi connectivity index (χ1) is 13.2. The van der Waals surface area contributed by atoms with Crippen molar-refractivity contribution in [1.29, 1.82) is 0 Å². The Hall–Kier alpha value is -3.47. The number of nitrogens with zero attached hydrogens (tertiary/aromatic N) is 2. The van der Waals surface area contributed by atoms with Gasteiger partial charge >= 0.3 is 0 Å². The number of imidazole rings is 1. The second kappa shape index (κ2) is 7.41. The summed E-state index contributed by atoms with van der Waals surface area (Å²) in [4.78, 5) is 4.71. The molecular formula is C22H21N3O2. The van der Waals surface area contributed by atoms with Gasteiger partial charge in [-0.15, -0.1) is 0 Å². The van der Waals surface area contributed by atoms with Crippen molar-refractivity contribution in [1.82, 2.24) is 9.38 Å². The van der Waals surface area contributed by atoms with Crippen LogP contribution in [0.5, 0.6) is 11.5 Å². The third-order valence-electron chi connectivity index (χ3n) is 4.26. The third-order valence-corrected chi connectivity index (χ3v) is 4.26. The Morgan fingerprint density at radius 1 is 0.963 bits per heavy atom. The molecule has 0 aliphatic heterocycles. The fraction of sp³-hybridized carbons (Fsp3) is 0.136. The van der Waals surface area contributed by atoms with E-state index in [4.69, 9.17) is 20.2 Å². The van der Waals surface area contributed by atoms with Crippen molar-refractivity contribution >= 4 is 11.3 Å². The molecular weight excluding hydrogens is 338 g/mol. The summed E-state index contributed by atoms with van der Waals surface area (Å²) in [5, 5.41) is 0. The number of nitrogens with two attached hydrogens (primary N) is 1. The minimum atomic E-state index is 0.439. The predicted octanol–water partition coefficient (Wildman–Crippen LogP) is 4.35.